The van der Waals surface area contributed by atoms with Crippen LogP contribution in [-0.2, 0) is 10.8 Å². The van der Waals surface area contributed by atoms with Crippen LogP contribution in [0.5, 0.6) is 0 Å². The molecule has 0 amide bonds. The molecule has 11 rings (SSSR count). The average molecular weight is 812 g/mol. The van der Waals surface area contributed by atoms with E-state index >= 15 is 0 Å². The van der Waals surface area contributed by atoms with Crippen LogP contribution in [0.15, 0.2) is 224 Å². The number of benzene rings is 9. The Kier molecular flexibility index (Phi) is 8.92. The van der Waals surface area contributed by atoms with Gasteiger partial charge >= 0.3 is 0 Å². The highest BCUT2D eigenvalue weighted by molar-refractivity contribution is 7.19. The van der Waals surface area contributed by atoms with Crippen LogP contribution in [-0.4, -0.2) is 8.07 Å². The first-order chi connectivity index (χ1) is 30.3. The molecule has 0 atom stereocenters. The van der Waals surface area contributed by atoms with Crippen molar-refractivity contribution in [3.63, 3.8) is 0 Å². The van der Waals surface area contributed by atoms with E-state index in [0.717, 1.165) is 17.1 Å². The maximum atomic E-state index is 2.58. The average Bonchev–Trinajstić information content (AvgIpc) is 3.69. The van der Waals surface area contributed by atoms with Crippen molar-refractivity contribution in [2.45, 2.75) is 38.5 Å². The van der Waals surface area contributed by atoms with Crippen molar-refractivity contribution in [3.8, 4) is 33.4 Å². The van der Waals surface area contributed by atoms with Gasteiger partial charge in [-0.1, -0.05) is 216 Å². The van der Waals surface area contributed by atoms with Crippen LogP contribution < -0.4 is 25.6 Å². The Bertz CT molecular complexity index is 3000. The van der Waals surface area contributed by atoms with Gasteiger partial charge in [0.25, 0.3) is 0 Å². The van der Waals surface area contributed by atoms with Crippen molar-refractivity contribution in [3.05, 3.63) is 247 Å². The third kappa shape index (κ3) is 5.81. The highest BCUT2D eigenvalue weighted by Crippen LogP contribution is 2.53. The summed E-state index contributed by atoms with van der Waals surface area (Å²) in [4.78, 5) is 2.47. The summed E-state index contributed by atoms with van der Waals surface area (Å²) >= 11 is 0. The van der Waals surface area contributed by atoms with Gasteiger partial charge in [0.2, 0.25) is 0 Å². The minimum absolute atomic E-state index is 0.109. The quantitative estimate of drug-likeness (QED) is 0.109. The lowest BCUT2D eigenvalue weighted by molar-refractivity contribution is 0.660. The van der Waals surface area contributed by atoms with Crippen LogP contribution in [0.3, 0.4) is 0 Å². The summed E-state index contributed by atoms with van der Waals surface area (Å²) in [6.45, 7) is 9.59. The normalized spacial score (nSPS) is 14.1. The minimum Gasteiger partial charge on any atom is -0.310 e. The summed E-state index contributed by atoms with van der Waals surface area (Å²) in [6, 6.07) is 84.2. The van der Waals surface area contributed by atoms with Gasteiger partial charge in [-0.25, -0.2) is 0 Å². The number of hydrogen-bond acceptors (Lipinski definition) is 1. The third-order valence-electron chi connectivity index (χ3n) is 14.0. The molecule has 0 saturated carbocycles. The van der Waals surface area contributed by atoms with Crippen molar-refractivity contribution in [2.75, 3.05) is 4.90 Å². The lowest BCUT2D eigenvalue weighted by Crippen LogP contribution is -2.74. The Morgan fingerprint density at radius 1 is 0.290 bits per heavy atom. The Morgan fingerprint density at radius 2 is 0.661 bits per heavy atom. The highest BCUT2D eigenvalue weighted by Gasteiger charge is 2.44. The van der Waals surface area contributed by atoms with Crippen molar-refractivity contribution in [1.29, 1.82) is 0 Å². The summed E-state index contributed by atoms with van der Waals surface area (Å²) in [6.07, 6.45) is 0. The molecule has 298 valence electrons. The number of rotatable bonds is 8. The largest absolute Gasteiger partial charge is 0.310 e. The fourth-order valence-corrected chi connectivity index (χ4v) is 15.6. The van der Waals surface area contributed by atoms with Crippen LogP contribution in [0.4, 0.5) is 17.1 Å². The zero-order valence-electron chi connectivity index (χ0n) is 35.8. The molecular formula is C60H49NSi. The van der Waals surface area contributed by atoms with Crippen LogP contribution >= 0.6 is 0 Å². The molecule has 0 unspecified atom stereocenters. The molecule has 62 heavy (non-hydrogen) atoms. The lowest BCUT2D eigenvalue weighted by atomic mass is 9.82. The number of fused-ring (bicyclic) bond motifs is 6. The molecule has 1 nitrogen and oxygen atoms in total. The zero-order valence-corrected chi connectivity index (χ0v) is 36.8. The third-order valence-corrected chi connectivity index (χ3v) is 18.8. The molecule has 0 N–H and O–H groups in total. The van der Waals surface area contributed by atoms with E-state index in [1.165, 1.54) is 76.4 Å². The van der Waals surface area contributed by atoms with Crippen molar-refractivity contribution < 1.29 is 0 Å². The molecular weight excluding hydrogens is 763 g/mol. The molecule has 0 fully saturated rings. The summed E-state index contributed by atoms with van der Waals surface area (Å²) < 4.78 is 0. The molecule has 0 radical (unpaired) electrons. The van der Waals surface area contributed by atoms with Crippen LogP contribution in [0.25, 0.3) is 33.4 Å². The molecule has 0 heterocycles. The smallest absolute Gasteiger partial charge is 0.179 e. The summed E-state index contributed by atoms with van der Waals surface area (Å²) in [7, 11) is -2.71. The molecule has 9 aromatic rings. The zero-order chi connectivity index (χ0) is 42.1. The Hall–Kier alpha value is -7.00. The van der Waals surface area contributed by atoms with E-state index < -0.39 is 8.07 Å². The predicted molar refractivity (Wildman–Crippen MR) is 265 cm³/mol. The number of hydrogen-bond donors (Lipinski definition) is 0. The second-order valence-corrected chi connectivity index (χ2v) is 21.9. The fourth-order valence-electron chi connectivity index (χ4n) is 10.9. The van der Waals surface area contributed by atoms with Crippen LogP contribution in [0, 0.1) is 0 Å². The van der Waals surface area contributed by atoms with Gasteiger partial charge in [0.1, 0.15) is 0 Å². The standard InChI is InChI=1S/C60H49NSi/c1-59(2)55-28-18-17-27-51(55)52-36-33-45(39-56(52)59)61(44-31-29-43(30-32-44)42-19-9-5-10-20-42)46-34-37-53-54-38-35-50(41-58(54)60(3,4)57(53)40-46)62(47-21-11-6-12-22-47,48-23-13-7-14-24-48)49-25-15-8-16-26-49/h5-41H,1-4H3. The topological polar surface area (TPSA) is 3.24 Å². The molecule has 0 aromatic heterocycles. The van der Waals surface area contributed by atoms with E-state index in [-0.39, 0.29) is 10.8 Å². The first kappa shape index (κ1) is 38.0. The Labute approximate surface area is 367 Å². The summed E-state index contributed by atoms with van der Waals surface area (Å²) in [5.41, 5.74) is 16.3. The van der Waals surface area contributed by atoms with Crippen LogP contribution in [0.2, 0.25) is 0 Å². The van der Waals surface area contributed by atoms with Crippen molar-refractivity contribution >= 4 is 45.9 Å². The van der Waals surface area contributed by atoms with Gasteiger partial charge in [0, 0.05) is 27.9 Å². The van der Waals surface area contributed by atoms with Gasteiger partial charge in [-0.05, 0) is 113 Å². The predicted octanol–water partition coefficient (Wildman–Crippen LogP) is 12.8. The van der Waals surface area contributed by atoms with Gasteiger partial charge < -0.3 is 4.90 Å². The molecule has 9 aromatic carbocycles. The van der Waals surface area contributed by atoms with Crippen LogP contribution in [0.1, 0.15) is 49.9 Å². The number of anilines is 3. The van der Waals surface area contributed by atoms with E-state index in [9.17, 15) is 0 Å². The molecule has 2 aliphatic carbocycles. The maximum Gasteiger partial charge on any atom is 0.179 e. The second kappa shape index (κ2) is 14.6. The minimum atomic E-state index is -2.71. The van der Waals surface area contributed by atoms with Gasteiger partial charge in [-0.2, -0.15) is 0 Å². The molecule has 0 spiro atoms. The van der Waals surface area contributed by atoms with E-state index in [1.807, 2.05) is 0 Å². The van der Waals surface area contributed by atoms with Crippen molar-refractivity contribution in [2.24, 2.45) is 0 Å². The highest BCUT2D eigenvalue weighted by atomic mass is 28.3. The second-order valence-electron chi connectivity index (χ2n) is 18.1. The SMILES string of the molecule is CC1(C)c2ccccc2-c2ccc(N(c3ccc(-c4ccccc4)cc3)c3ccc4c(c3)C(C)(C)c3cc([Si](c5ccccc5)(c5ccccc5)c5ccccc5)ccc3-4)cc21. The molecule has 0 saturated heterocycles. The van der Waals surface area contributed by atoms with Gasteiger partial charge in [-0.15, -0.1) is 0 Å². The maximum absolute atomic E-state index is 2.71. The van der Waals surface area contributed by atoms with Crippen molar-refractivity contribution in [1.82, 2.24) is 0 Å². The van der Waals surface area contributed by atoms with Gasteiger partial charge in [0.15, 0.2) is 8.07 Å². The van der Waals surface area contributed by atoms with E-state index in [4.69, 9.17) is 0 Å². The Balaban J connectivity index is 1.06. The molecule has 2 heteroatoms. The number of nitrogens with zero attached hydrogens (tertiary/aromatic N) is 1. The molecule has 2 aliphatic rings. The van der Waals surface area contributed by atoms with E-state index in [2.05, 4.69) is 257 Å². The van der Waals surface area contributed by atoms with Gasteiger partial charge in [0.05, 0.1) is 0 Å². The van der Waals surface area contributed by atoms with E-state index in [1.54, 1.807) is 0 Å². The lowest BCUT2D eigenvalue weighted by Gasteiger charge is -2.35. The summed E-state index contributed by atoms with van der Waals surface area (Å²) in [5, 5.41) is 5.58. The molecule has 0 aliphatic heterocycles. The molecule has 0 bridgehead atoms. The Morgan fingerprint density at radius 3 is 1.18 bits per heavy atom. The van der Waals surface area contributed by atoms with E-state index in [0.29, 0.717) is 0 Å². The first-order valence-electron chi connectivity index (χ1n) is 21.9. The summed E-state index contributed by atoms with van der Waals surface area (Å²) in [5.74, 6) is 0. The van der Waals surface area contributed by atoms with Gasteiger partial charge in [-0.3, -0.25) is 0 Å². The fraction of sp³-hybridized carbons (Fsp3) is 0.100. The monoisotopic (exact) mass is 811 g/mol. The first-order valence-corrected chi connectivity index (χ1v) is 23.9.